The lowest BCUT2D eigenvalue weighted by atomic mass is 10.2. The third-order valence-corrected chi connectivity index (χ3v) is 3.69. The van der Waals surface area contributed by atoms with E-state index in [-0.39, 0.29) is 13.0 Å². The van der Waals surface area contributed by atoms with Crippen molar-refractivity contribution in [3.63, 3.8) is 0 Å². The van der Waals surface area contributed by atoms with Crippen molar-refractivity contribution in [3.8, 4) is 0 Å². The fraction of sp³-hybridized carbons (Fsp3) is 0.600. The van der Waals surface area contributed by atoms with E-state index in [9.17, 15) is 23.9 Å². The molecule has 138 valence electrons. The van der Waals surface area contributed by atoms with E-state index in [1.807, 2.05) is 6.92 Å². The zero-order chi connectivity index (χ0) is 18.4. The number of ether oxygens (including phenoxy) is 2. The Labute approximate surface area is 142 Å². The molecule has 1 fully saturated rings. The molecule has 3 atom stereocenters. The lowest BCUT2D eigenvalue weighted by molar-refractivity contribution is -0.122. The number of aromatic nitrogens is 2. The summed E-state index contributed by atoms with van der Waals surface area (Å²) in [5.41, 5.74) is -0.897. The first-order valence-electron chi connectivity index (χ1n) is 7.97. The number of hydrogen-bond acceptors (Lipinski definition) is 7. The minimum atomic E-state index is -1.09. The third kappa shape index (κ3) is 4.83. The van der Waals surface area contributed by atoms with Crippen LogP contribution in [-0.2, 0) is 14.3 Å². The molecule has 1 aromatic rings. The first-order valence-corrected chi connectivity index (χ1v) is 7.97. The minimum Gasteiger partial charge on any atom is -0.449 e. The normalized spacial score (nSPS) is 22.6. The van der Waals surface area contributed by atoms with Crippen LogP contribution in [0.1, 0.15) is 38.8 Å². The van der Waals surface area contributed by atoms with Gasteiger partial charge in [0.05, 0.1) is 18.9 Å². The number of aldehydes is 1. The summed E-state index contributed by atoms with van der Waals surface area (Å²) in [6.45, 7) is 2.18. The Kier molecular flexibility index (Phi) is 6.59. The van der Waals surface area contributed by atoms with Gasteiger partial charge in [-0.1, -0.05) is 19.8 Å². The number of unbranched alkanes of at least 4 members (excludes halogenated alkanes) is 2. The molecule has 2 N–H and O–H groups in total. The van der Waals surface area contributed by atoms with Gasteiger partial charge in [0.1, 0.15) is 12.3 Å². The van der Waals surface area contributed by atoms with Crippen molar-refractivity contribution in [2.75, 3.05) is 11.9 Å². The maximum atomic E-state index is 14.1. The summed E-state index contributed by atoms with van der Waals surface area (Å²) in [6.07, 6.45) is -0.423. The van der Waals surface area contributed by atoms with Crippen LogP contribution in [0.4, 0.5) is 15.0 Å². The molecule has 0 spiro atoms. The topological polar surface area (TPSA) is 120 Å². The molecular formula is C15H20FN3O6. The Morgan fingerprint density at radius 1 is 1.60 bits per heavy atom. The lowest BCUT2D eigenvalue weighted by Crippen LogP contribution is -2.30. The quantitative estimate of drug-likeness (QED) is 0.551. The van der Waals surface area contributed by atoms with Crippen LogP contribution in [0.2, 0.25) is 0 Å². The summed E-state index contributed by atoms with van der Waals surface area (Å²) in [5.74, 6) is -1.54. The van der Waals surface area contributed by atoms with Crippen molar-refractivity contribution in [1.29, 1.82) is 0 Å². The Balaban J connectivity index is 2.04. The van der Waals surface area contributed by atoms with Crippen molar-refractivity contribution in [1.82, 2.24) is 9.55 Å². The second kappa shape index (κ2) is 8.67. The summed E-state index contributed by atoms with van der Waals surface area (Å²) >= 11 is 0. The summed E-state index contributed by atoms with van der Waals surface area (Å²) < 4.78 is 24.9. The molecule has 10 heteroatoms. The van der Waals surface area contributed by atoms with Gasteiger partial charge < -0.3 is 19.4 Å². The second-order valence-electron chi connectivity index (χ2n) is 5.59. The Hall–Kier alpha value is -2.33. The summed E-state index contributed by atoms with van der Waals surface area (Å²) in [7, 11) is 0. The molecule has 1 saturated heterocycles. The van der Waals surface area contributed by atoms with Crippen LogP contribution in [0.3, 0.4) is 0 Å². The van der Waals surface area contributed by atoms with E-state index in [4.69, 9.17) is 9.47 Å². The first-order chi connectivity index (χ1) is 12.0. The monoisotopic (exact) mass is 357 g/mol. The Morgan fingerprint density at radius 3 is 3.00 bits per heavy atom. The van der Waals surface area contributed by atoms with Gasteiger partial charge in [0, 0.05) is 6.42 Å². The van der Waals surface area contributed by atoms with Crippen LogP contribution in [0.25, 0.3) is 0 Å². The molecule has 1 amide bonds. The molecule has 9 nitrogen and oxygen atoms in total. The van der Waals surface area contributed by atoms with Gasteiger partial charge in [-0.3, -0.25) is 9.88 Å². The van der Waals surface area contributed by atoms with Crippen molar-refractivity contribution < 1.29 is 28.6 Å². The van der Waals surface area contributed by atoms with Crippen molar-refractivity contribution >= 4 is 18.2 Å². The average Bonchev–Trinajstić information content (AvgIpc) is 2.95. The molecule has 1 aromatic heterocycles. The third-order valence-electron chi connectivity index (χ3n) is 3.69. The predicted octanol–water partition coefficient (Wildman–Crippen LogP) is 0.968. The van der Waals surface area contributed by atoms with Crippen LogP contribution in [0.5, 0.6) is 0 Å². The van der Waals surface area contributed by atoms with Crippen LogP contribution in [-0.4, -0.2) is 45.9 Å². The van der Waals surface area contributed by atoms with Crippen molar-refractivity contribution in [2.24, 2.45) is 0 Å². The molecule has 3 unspecified atom stereocenters. The summed E-state index contributed by atoms with van der Waals surface area (Å²) in [6, 6.07) is 0. The van der Waals surface area contributed by atoms with Gasteiger partial charge >= 0.3 is 11.8 Å². The van der Waals surface area contributed by atoms with E-state index in [2.05, 4.69) is 10.3 Å². The molecule has 0 aliphatic carbocycles. The highest BCUT2D eigenvalue weighted by Crippen LogP contribution is 2.27. The van der Waals surface area contributed by atoms with Crippen LogP contribution >= 0.6 is 0 Å². The number of amides is 1. The molecule has 0 aromatic carbocycles. The average molecular weight is 357 g/mol. The smallest absolute Gasteiger partial charge is 0.412 e. The number of rotatable bonds is 7. The molecule has 0 bridgehead atoms. The van der Waals surface area contributed by atoms with E-state index < -0.39 is 41.9 Å². The highest BCUT2D eigenvalue weighted by atomic mass is 19.1. The molecule has 0 saturated carbocycles. The molecule has 1 aliphatic rings. The van der Waals surface area contributed by atoms with Gasteiger partial charge in [0.15, 0.2) is 17.9 Å². The van der Waals surface area contributed by atoms with Crippen molar-refractivity contribution in [2.45, 2.75) is 51.0 Å². The fourth-order valence-corrected chi connectivity index (χ4v) is 2.36. The lowest BCUT2D eigenvalue weighted by Gasteiger charge is -2.14. The van der Waals surface area contributed by atoms with Gasteiger partial charge in [0.25, 0.3) is 0 Å². The highest BCUT2D eigenvalue weighted by Gasteiger charge is 2.35. The van der Waals surface area contributed by atoms with Gasteiger partial charge in [-0.2, -0.15) is 4.98 Å². The van der Waals surface area contributed by atoms with Crippen molar-refractivity contribution in [3.05, 3.63) is 22.5 Å². The first kappa shape index (κ1) is 19.0. The number of nitrogens with one attached hydrogen (secondary N) is 1. The molecule has 25 heavy (non-hydrogen) atoms. The number of aliphatic hydroxyl groups excluding tert-OH is 1. The fourth-order valence-electron chi connectivity index (χ4n) is 2.36. The standard InChI is InChI=1S/C15H20FN3O6/c1-2-3-4-5-24-15(23)18-13-9(16)7-19(14(22)17-13)12-6-10(21)11(8-20)25-12/h7-8,10-12,21H,2-6H2,1H3,(H,17,18,22,23). The largest absolute Gasteiger partial charge is 0.449 e. The Morgan fingerprint density at radius 2 is 2.36 bits per heavy atom. The minimum absolute atomic E-state index is 0.0589. The molecule has 1 aliphatic heterocycles. The Bertz CT molecular complexity index is 680. The SMILES string of the molecule is CCCCCOC(=O)Nc1nc(=O)n(C2CC(O)C(C=O)O2)cc1F. The number of carbonyl (C=O) groups excluding carboxylic acids is 2. The van der Waals surface area contributed by atoms with Gasteiger partial charge in [-0.15, -0.1) is 0 Å². The van der Waals surface area contributed by atoms with E-state index >= 15 is 0 Å². The summed E-state index contributed by atoms with van der Waals surface area (Å²) in [4.78, 5) is 37.7. The number of carbonyl (C=O) groups is 2. The maximum Gasteiger partial charge on any atom is 0.412 e. The number of hydrogen-bond donors (Lipinski definition) is 2. The number of halogens is 1. The molecule has 2 rings (SSSR count). The van der Waals surface area contributed by atoms with Crippen LogP contribution < -0.4 is 11.0 Å². The summed E-state index contributed by atoms with van der Waals surface area (Å²) in [5, 5.41) is 11.7. The van der Waals surface area contributed by atoms with Gasteiger partial charge in [-0.05, 0) is 6.42 Å². The van der Waals surface area contributed by atoms with Crippen LogP contribution in [0, 0.1) is 5.82 Å². The molecular weight excluding hydrogens is 337 g/mol. The zero-order valence-corrected chi connectivity index (χ0v) is 13.7. The predicted molar refractivity (Wildman–Crippen MR) is 83.5 cm³/mol. The van der Waals surface area contributed by atoms with Crippen LogP contribution in [0.15, 0.2) is 11.0 Å². The molecule has 2 heterocycles. The number of aliphatic hydroxyl groups is 1. The van der Waals surface area contributed by atoms with Gasteiger partial charge in [0.2, 0.25) is 0 Å². The zero-order valence-electron chi connectivity index (χ0n) is 13.7. The number of anilines is 1. The maximum absolute atomic E-state index is 14.1. The van der Waals surface area contributed by atoms with E-state index in [0.717, 1.165) is 23.6 Å². The van der Waals surface area contributed by atoms with E-state index in [0.29, 0.717) is 12.7 Å². The molecule has 0 radical (unpaired) electrons. The number of nitrogens with zero attached hydrogens (tertiary/aromatic N) is 2. The highest BCUT2D eigenvalue weighted by molar-refractivity contribution is 5.83. The van der Waals surface area contributed by atoms with Gasteiger partial charge in [-0.25, -0.2) is 14.0 Å². The van der Waals surface area contributed by atoms with E-state index in [1.54, 1.807) is 0 Å². The second-order valence-corrected chi connectivity index (χ2v) is 5.59. The van der Waals surface area contributed by atoms with E-state index in [1.165, 1.54) is 0 Å².